The first kappa shape index (κ1) is 20.1. The van der Waals surface area contributed by atoms with E-state index >= 15 is 0 Å². The highest BCUT2D eigenvalue weighted by Gasteiger charge is 2.31. The summed E-state index contributed by atoms with van der Waals surface area (Å²) in [4.78, 5) is 29.8. The molecule has 11 heteroatoms. The summed E-state index contributed by atoms with van der Waals surface area (Å²) in [6, 6.07) is 1.88. The monoisotopic (exact) mass is 415 g/mol. The van der Waals surface area contributed by atoms with Gasteiger partial charge >= 0.3 is 6.18 Å². The maximum absolute atomic E-state index is 12.6. The van der Waals surface area contributed by atoms with Gasteiger partial charge in [-0.2, -0.15) is 23.0 Å². The Bertz CT molecular complexity index is 922. The van der Waals surface area contributed by atoms with Crippen LogP contribution in [0.3, 0.4) is 0 Å². The molecule has 0 unspecified atom stereocenters. The molecule has 28 heavy (non-hydrogen) atoms. The van der Waals surface area contributed by atoms with Gasteiger partial charge < -0.3 is 10.2 Å². The van der Waals surface area contributed by atoms with Gasteiger partial charge in [-0.25, -0.2) is 4.98 Å². The highest BCUT2D eigenvalue weighted by molar-refractivity contribution is 6.33. The van der Waals surface area contributed by atoms with Crippen LogP contribution < -0.4 is 15.8 Å². The maximum atomic E-state index is 12.6. The Hall–Kier alpha value is -2.62. The average Bonchev–Trinajstić information content (AvgIpc) is 2.69. The second-order valence-corrected chi connectivity index (χ2v) is 6.72. The third-order valence-corrected chi connectivity index (χ3v) is 5.00. The number of amides is 1. The molecule has 0 atom stereocenters. The normalized spacial score (nSPS) is 15.5. The summed E-state index contributed by atoms with van der Waals surface area (Å²) in [6.45, 7) is 1.06. The number of nitrogens with zero attached hydrogens (tertiary/aromatic N) is 4. The van der Waals surface area contributed by atoms with Gasteiger partial charge in [0.15, 0.2) is 5.82 Å². The SMILES string of the molecule is CNC(=O)C1CCN(c2cnn(-c3ccc(C(F)(F)F)cn3)c(=O)c2Cl)CC1. The minimum Gasteiger partial charge on any atom is -0.369 e. The standard InChI is InChI=1S/C17H17ClF3N5O2/c1-22-15(27)10-4-6-25(7-5-10)12-9-24-26(16(28)14(12)18)13-3-2-11(8-23-13)17(19,20)21/h2-3,8-10H,4-7H2,1H3,(H,22,27). The van der Waals surface area contributed by atoms with Gasteiger partial charge in [0.25, 0.3) is 5.56 Å². The smallest absolute Gasteiger partial charge is 0.369 e. The van der Waals surface area contributed by atoms with Crippen LogP contribution in [0.5, 0.6) is 0 Å². The fourth-order valence-corrected chi connectivity index (χ4v) is 3.32. The number of rotatable bonds is 3. The number of piperidine rings is 1. The summed E-state index contributed by atoms with van der Waals surface area (Å²) in [5.74, 6) is -0.179. The van der Waals surface area contributed by atoms with E-state index in [2.05, 4.69) is 15.4 Å². The van der Waals surface area contributed by atoms with E-state index in [-0.39, 0.29) is 22.7 Å². The summed E-state index contributed by atoms with van der Waals surface area (Å²) >= 11 is 6.21. The van der Waals surface area contributed by atoms with Crippen LogP contribution in [-0.4, -0.2) is 40.8 Å². The summed E-state index contributed by atoms with van der Waals surface area (Å²) in [6.07, 6.45) is -1.29. The number of carbonyl (C=O) groups excluding carboxylic acids is 1. The first-order chi connectivity index (χ1) is 13.2. The Morgan fingerprint density at radius 3 is 2.46 bits per heavy atom. The Kier molecular flexibility index (Phi) is 5.59. The largest absolute Gasteiger partial charge is 0.417 e. The molecule has 1 fully saturated rings. The quantitative estimate of drug-likeness (QED) is 0.831. The molecule has 1 saturated heterocycles. The Morgan fingerprint density at radius 1 is 1.25 bits per heavy atom. The van der Waals surface area contributed by atoms with Crippen molar-refractivity contribution >= 4 is 23.2 Å². The van der Waals surface area contributed by atoms with Gasteiger partial charge in [-0.05, 0) is 25.0 Å². The van der Waals surface area contributed by atoms with Crippen LogP contribution in [0.1, 0.15) is 18.4 Å². The number of hydrogen-bond donors (Lipinski definition) is 1. The number of nitrogens with one attached hydrogen (secondary N) is 1. The summed E-state index contributed by atoms with van der Waals surface area (Å²) in [5.41, 5.74) is -1.18. The van der Waals surface area contributed by atoms with Gasteiger partial charge in [-0.15, -0.1) is 0 Å². The van der Waals surface area contributed by atoms with Crippen molar-refractivity contribution in [2.45, 2.75) is 19.0 Å². The molecule has 1 aliphatic heterocycles. The van der Waals surface area contributed by atoms with Gasteiger partial charge in [0.05, 0.1) is 17.4 Å². The summed E-state index contributed by atoms with van der Waals surface area (Å²) in [7, 11) is 1.59. The Morgan fingerprint density at radius 2 is 1.93 bits per heavy atom. The van der Waals surface area contributed by atoms with Crippen molar-refractivity contribution in [2.75, 3.05) is 25.0 Å². The first-order valence-electron chi connectivity index (χ1n) is 8.50. The molecule has 2 aromatic rings. The second kappa shape index (κ2) is 7.78. The molecular weight excluding hydrogens is 399 g/mol. The van der Waals surface area contributed by atoms with E-state index in [1.807, 2.05) is 4.90 Å². The van der Waals surface area contributed by atoms with E-state index in [0.717, 1.165) is 16.8 Å². The third kappa shape index (κ3) is 3.96. The lowest BCUT2D eigenvalue weighted by Crippen LogP contribution is -2.40. The predicted molar refractivity (Wildman–Crippen MR) is 96.6 cm³/mol. The molecule has 0 bridgehead atoms. The topological polar surface area (TPSA) is 80.1 Å². The van der Waals surface area contributed by atoms with E-state index in [1.165, 1.54) is 6.20 Å². The van der Waals surface area contributed by atoms with Crippen molar-refractivity contribution in [1.82, 2.24) is 20.1 Å². The van der Waals surface area contributed by atoms with Crippen molar-refractivity contribution in [3.05, 3.63) is 45.5 Å². The molecule has 0 saturated carbocycles. The van der Waals surface area contributed by atoms with Crippen LogP contribution in [0.25, 0.3) is 5.82 Å². The zero-order valence-electron chi connectivity index (χ0n) is 14.8. The van der Waals surface area contributed by atoms with E-state index in [0.29, 0.717) is 37.8 Å². The van der Waals surface area contributed by atoms with Crippen LogP contribution in [0, 0.1) is 5.92 Å². The lowest BCUT2D eigenvalue weighted by atomic mass is 9.96. The molecule has 2 aromatic heterocycles. The van der Waals surface area contributed by atoms with Gasteiger partial charge in [0.1, 0.15) is 5.02 Å². The number of hydrogen-bond acceptors (Lipinski definition) is 5. The maximum Gasteiger partial charge on any atom is 0.417 e. The fraction of sp³-hybridized carbons (Fsp3) is 0.412. The molecule has 0 aliphatic carbocycles. The van der Waals surface area contributed by atoms with E-state index < -0.39 is 17.3 Å². The fourth-order valence-electron chi connectivity index (χ4n) is 3.07. The zero-order valence-corrected chi connectivity index (χ0v) is 15.6. The molecule has 7 nitrogen and oxygen atoms in total. The molecule has 0 radical (unpaired) electrons. The number of anilines is 1. The van der Waals surface area contributed by atoms with Crippen LogP contribution in [0.2, 0.25) is 5.02 Å². The Labute approximate surface area is 163 Å². The van der Waals surface area contributed by atoms with E-state index in [9.17, 15) is 22.8 Å². The van der Waals surface area contributed by atoms with Gasteiger partial charge in [0, 0.05) is 32.3 Å². The summed E-state index contributed by atoms with van der Waals surface area (Å²) < 4.78 is 38.8. The average molecular weight is 416 g/mol. The summed E-state index contributed by atoms with van der Waals surface area (Å²) in [5, 5.41) is 6.52. The van der Waals surface area contributed by atoms with Crippen molar-refractivity contribution in [3.63, 3.8) is 0 Å². The van der Waals surface area contributed by atoms with Crippen LogP contribution in [-0.2, 0) is 11.0 Å². The van der Waals surface area contributed by atoms with Crippen molar-refractivity contribution < 1.29 is 18.0 Å². The van der Waals surface area contributed by atoms with Crippen LogP contribution in [0.4, 0.5) is 18.9 Å². The predicted octanol–water partition coefficient (Wildman–Crippen LogP) is 2.26. The third-order valence-electron chi connectivity index (χ3n) is 4.65. The van der Waals surface area contributed by atoms with Crippen molar-refractivity contribution in [3.8, 4) is 5.82 Å². The second-order valence-electron chi connectivity index (χ2n) is 6.34. The number of halogens is 4. The molecule has 0 aromatic carbocycles. The number of aromatic nitrogens is 3. The molecule has 1 N–H and O–H groups in total. The van der Waals surface area contributed by atoms with Gasteiger partial charge in [-0.1, -0.05) is 11.6 Å². The lowest BCUT2D eigenvalue weighted by Gasteiger charge is -2.32. The van der Waals surface area contributed by atoms with Gasteiger partial charge in [-0.3, -0.25) is 9.59 Å². The van der Waals surface area contributed by atoms with Crippen molar-refractivity contribution in [1.29, 1.82) is 0 Å². The lowest BCUT2D eigenvalue weighted by molar-refractivity contribution is -0.137. The van der Waals surface area contributed by atoms with Gasteiger partial charge in [0.2, 0.25) is 5.91 Å². The molecule has 0 spiro atoms. The van der Waals surface area contributed by atoms with Crippen LogP contribution >= 0.6 is 11.6 Å². The molecule has 150 valence electrons. The van der Waals surface area contributed by atoms with E-state index in [4.69, 9.17) is 11.6 Å². The zero-order chi connectivity index (χ0) is 20.5. The molecular formula is C17H17ClF3N5O2. The molecule has 1 amide bonds. The first-order valence-corrected chi connectivity index (χ1v) is 8.88. The highest BCUT2D eigenvalue weighted by atomic mass is 35.5. The molecule has 3 rings (SSSR count). The number of pyridine rings is 1. The highest BCUT2D eigenvalue weighted by Crippen LogP contribution is 2.29. The minimum absolute atomic E-state index is 0.0207. The van der Waals surface area contributed by atoms with E-state index in [1.54, 1.807) is 7.05 Å². The number of alkyl halides is 3. The van der Waals surface area contributed by atoms with Crippen molar-refractivity contribution in [2.24, 2.45) is 5.92 Å². The van der Waals surface area contributed by atoms with Crippen LogP contribution in [0.15, 0.2) is 29.3 Å². The number of carbonyl (C=O) groups is 1. The molecule has 1 aliphatic rings. The minimum atomic E-state index is -4.52. The molecule has 3 heterocycles. The Balaban J connectivity index is 1.82.